The van der Waals surface area contributed by atoms with Crippen molar-refractivity contribution >= 4 is 0 Å². The van der Waals surface area contributed by atoms with E-state index in [0.717, 1.165) is 39.3 Å². The minimum absolute atomic E-state index is 0.212. The van der Waals surface area contributed by atoms with E-state index in [-0.39, 0.29) is 11.1 Å². The quantitative estimate of drug-likeness (QED) is 0.843. The third-order valence-corrected chi connectivity index (χ3v) is 5.61. The van der Waals surface area contributed by atoms with Crippen LogP contribution in [0.4, 0.5) is 0 Å². The average Bonchev–Trinajstić information content (AvgIpc) is 2.45. The Labute approximate surface area is 137 Å². The van der Waals surface area contributed by atoms with Gasteiger partial charge >= 0.3 is 0 Å². The van der Waals surface area contributed by atoms with Gasteiger partial charge in [-0.25, -0.2) is 0 Å². The van der Waals surface area contributed by atoms with Crippen LogP contribution in [0.1, 0.15) is 48.0 Å². The van der Waals surface area contributed by atoms with Gasteiger partial charge in [0.15, 0.2) is 0 Å². The van der Waals surface area contributed by atoms with Crippen LogP contribution in [-0.2, 0) is 0 Å². The molecule has 22 heavy (non-hydrogen) atoms. The summed E-state index contributed by atoms with van der Waals surface area (Å²) >= 11 is 0. The first-order valence-corrected chi connectivity index (χ1v) is 8.98. The van der Waals surface area contributed by atoms with Crippen LogP contribution in [-0.4, -0.2) is 82.8 Å². The SMILES string of the molecule is CC(C)(C)N1CCN(C2CCN(C(C)(C)C)CC2CO)CC1. The molecule has 0 saturated carbocycles. The maximum atomic E-state index is 9.89. The number of aliphatic hydroxyl groups is 1. The molecule has 0 aromatic heterocycles. The molecule has 0 aromatic carbocycles. The van der Waals surface area contributed by atoms with Crippen molar-refractivity contribution in [3.05, 3.63) is 0 Å². The van der Waals surface area contributed by atoms with Gasteiger partial charge in [0.05, 0.1) is 0 Å². The average molecular weight is 312 g/mol. The summed E-state index contributed by atoms with van der Waals surface area (Å²) in [7, 11) is 0. The van der Waals surface area contributed by atoms with Gasteiger partial charge in [0, 0.05) is 68.9 Å². The van der Waals surface area contributed by atoms with Crippen LogP contribution < -0.4 is 0 Å². The van der Waals surface area contributed by atoms with Crippen LogP contribution in [0, 0.1) is 5.92 Å². The predicted octanol–water partition coefficient (Wildman–Crippen LogP) is 1.88. The highest BCUT2D eigenvalue weighted by Gasteiger charge is 2.38. The van der Waals surface area contributed by atoms with Crippen molar-refractivity contribution in [3.8, 4) is 0 Å². The first-order valence-electron chi connectivity index (χ1n) is 8.98. The van der Waals surface area contributed by atoms with E-state index in [1.807, 2.05) is 0 Å². The zero-order valence-corrected chi connectivity index (χ0v) is 15.6. The number of piperazine rings is 1. The van der Waals surface area contributed by atoms with Gasteiger partial charge in [0.25, 0.3) is 0 Å². The lowest BCUT2D eigenvalue weighted by Crippen LogP contribution is -2.61. The summed E-state index contributed by atoms with van der Waals surface area (Å²) in [6, 6.07) is 0.561. The monoisotopic (exact) mass is 311 g/mol. The molecule has 0 aliphatic carbocycles. The van der Waals surface area contributed by atoms with E-state index in [0.29, 0.717) is 18.6 Å². The van der Waals surface area contributed by atoms with Gasteiger partial charge in [-0.15, -0.1) is 0 Å². The molecular weight excluding hydrogens is 274 g/mol. The van der Waals surface area contributed by atoms with Crippen molar-refractivity contribution in [2.45, 2.75) is 65.1 Å². The Morgan fingerprint density at radius 3 is 1.82 bits per heavy atom. The predicted molar refractivity (Wildman–Crippen MR) is 93.2 cm³/mol. The summed E-state index contributed by atoms with van der Waals surface area (Å²) in [5.74, 6) is 0.397. The molecule has 130 valence electrons. The molecule has 2 aliphatic heterocycles. The molecule has 2 aliphatic rings. The van der Waals surface area contributed by atoms with E-state index in [1.54, 1.807) is 0 Å². The van der Waals surface area contributed by atoms with E-state index in [4.69, 9.17) is 0 Å². The summed E-state index contributed by atoms with van der Waals surface area (Å²) < 4.78 is 0. The van der Waals surface area contributed by atoms with Crippen molar-refractivity contribution in [2.24, 2.45) is 5.92 Å². The molecule has 0 amide bonds. The summed E-state index contributed by atoms with van der Waals surface area (Å²) in [4.78, 5) is 7.76. The molecular formula is C18H37N3O. The number of nitrogens with zero attached hydrogens (tertiary/aromatic N) is 3. The van der Waals surface area contributed by atoms with Crippen LogP contribution in [0.5, 0.6) is 0 Å². The smallest absolute Gasteiger partial charge is 0.0486 e. The van der Waals surface area contributed by atoms with Crippen molar-refractivity contribution < 1.29 is 5.11 Å². The second kappa shape index (κ2) is 6.76. The Morgan fingerprint density at radius 1 is 0.818 bits per heavy atom. The summed E-state index contributed by atoms with van der Waals surface area (Å²) in [5, 5.41) is 9.89. The Hall–Kier alpha value is -0.160. The number of aliphatic hydroxyl groups excluding tert-OH is 1. The third-order valence-electron chi connectivity index (χ3n) is 5.61. The van der Waals surface area contributed by atoms with Crippen LogP contribution in [0.3, 0.4) is 0 Å². The fraction of sp³-hybridized carbons (Fsp3) is 1.00. The summed E-state index contributed by atoms with van der Waals surface area (Å²) in [6.07, 6.45) is 1.19. The molecule has 0 spiro atoms. The molecule has 1 N–H and O–H groups in total. The molecule has 4 heteroatoms. The fourth-order valence-corrected chi connectivity index (χ4v) is 4.01. The van der Waals surface area contributed by atoms with Gasteiger partial charge in [-0.3, -0.25) is 14.7 Å². The van der Waals surface area contributed by atoms with Crippen LogP contribution >= 0.6 is 0 Å². The highest BCUT2D eigenvalue weighted by molar-refractivity contribution is 4.93. The van der Waals surface area contributed by atoms with Crippen LogP contribution in [0.2, 0.25) is 0 Å². The third kappa shape index (κ3) is 4.22. The van der Waals surface area contributed by atoms with E-state index >= 15 is 0 Å². The normalized spacial score (nSPS) is 30.7. The lowest BCUT2D eigenvalue weighted by atomic mass is 9.88. The van der Waals surface area contributed by atoms with Gasteiger partial charge in [-0.1, -0.05) is 0 Å². The highest BCUT2D eigenvalue weighted by atomic mass is 16.3. The standard InChI is InChI=1S/C18H37N3O/c1-17(2,3)20-11-9-19(10-12-20)16-7-8-21(18(4,5)6)13-15(16)14-22/h15-16,22H,7-14H2,1-6H3. The van der Waals surface area contributed by atoms with Gasteiger partial charge in [-0.05, 0) is 48.0 Å². The lowest BCUT2D eigenvalue weighted by molar-refractivity contribution is -0.0315. The number of hydrogen-bond acceptors (Lipinski definition) is 4. The first-order chi connectivity index (χ1) is 10.1. The van der Waals surface area contributed by atoms with E-state index < -0.39 is 0 Å². The molecule has 2 atom stereocenters. The minimum Gasteiger partial charge on any atom is -0.396 e. The van der Waals surface area contributed by atoms with Gasteiger partial charge in [-0.2, -0.15) is 0 Å². The largest absolute Gasteiger partial charge is 0.396 e. The Kier molecular flexibility index (Phi) is 5.59. The van der Waals surface area contributed by atoms with Crippen LogP contribution in [0.25, 0.3) is 0 Å². The number of rotatable bonds is 2. The Morgan fingerprint density at radius 2 is 1.36 bits per heavy atom. The lowest BCUT2D eigenvalue weighted by Gasteiger charge is -2.50. The molecule has 2 fully saturated rings. The topological polar surface area (TPSA) is 30.0 Å². The molecule has 2 heterocycles. The van der Waals surface area contributed by atoms with Crippen molar-refractivity contribution in [2.75, 3.05) is 45.9 Å². The van der Waals surface area contributed by atoms with Gasteiger partial charge in [0.1, 0.15) is 0 Å². The summed E-state index contributed by atoms with van der Waals surface area (Å²) in [6.45, 7) is 20.9. The van der Waals surface area contributed by atoms with Gasteiger partial charge in [0.2, 0.25) is 0 Å². The zero-order chi connectivity index (χ0) is 16.5. The van der Waals surface area contributed by atoms with E-state index in [2.05, 4.69) is 56.2 Å². The number of hydrogen-bond donors (Lipinski definition) is 1. The molecule has 0 aromatic rings. The minimum atomic E-state index is 0.212. The Balaban J connectivity index is 1.93. The molecule has 2 rings (SSSR count). The fourth-order valence-electron chi connectivity index (χ4n) is 4.01. The molecule has 2 saturated heterocycles. The van der Waals surface area contributed by atoms with Crippen molar-refractivity contribution in [1.82, 2.24) is 14.7 Å². The zero-order valence-electron chi connectivity index (χ0n) is 15.6. The first kappa shape index (κ1) is 18.2. The van der Waals surface area contributed by atoms with Crippen molar-refractivity contribution in [1.29, 1.82) is 0 Å². The maximum absolute atomic E-state index is 9.89. The molecule has 4 nitrogen and oxygen atoms in total. The van der Waals surface area contributed by atoms with E-state index in [9.17, 15) is 5.11 Å². The maximum Gasteiger partial charge on any atom is 0.0486 e. The molecule has 0 radical (unpaired) electrons. The van der Waals surface area contributed by atoms with Crippen LogP contribution in [0.15, 0.2) is 0 Å². The van der Waals surface area contributed by atoms with E-state index in [1.165, 1.54) is 6.42 Å². The number of likely N-dealkylation sites (tertiary alicyclic amines) is 1. The van der Waals surface area contributed by atoms with Gasteiger partial charge < -0.3 is 5.11 Å². The molecule has 0 bridgehead atoms. The second-order valence-corrected chi connectivity index (χ2v) is 9.11. The highest BCUT2D eigenvalue weighted by Crippen LogP contribution is 2.28. The number of piperidine rings is 1. The van der Waals surface area contributed by atoms with Crippen molar-refractivity contribution in [3.63, 3.8) is 0 Å². The molecule has 2 unspecified atom stereocenters. The Bertz CT molecular complexity index is 350. The summed E-state index contributed by atoms with van der Waals surface area (Å²) in [5.41, 5.74) is 0.487. The second-order valence-electron chi connectivity index (χ2n) is 9.11.